The Balaban J connectivity index is 1.68. The van der Waals surface area contributed by atoms with Gasteiger partial charge >= 0.3 is 0 Å². The average molecular weight is 404 g/mol. The van der Waals surface area contributed by atoms with Crippen molar-refractivity contribution in [3.63, 3.8) is 0 Å². The van der Waals surface area contributed by atoms with Gasteiger partial charge in [-0.1, -0.05) is 51.1 Å². The lowest BCUT2D eigenvalue weighted by Gasteiger charge is -2.32. The lowest BCUT2D eigenvalue weighted by Crippen LogP contribution is -2.42. The van der Waals surface area contributed by atoms with E-state index >= 15 is 0 Å². The molecule has 0 N–H and O–H groups in total. The van der Waals surface area contributed by atoms with Crippen LogP contribution in [0.5, 0.6) is 5.75 Å². The van der Waals surface area contributed by atoms with Crippen LogP contribution in [0.3, 0.4) is 0 Å². The molecular formula is C24H24N2O4. The van der Waals surface area contributed by atoms with Gasteiger partial charge < -0.3 is 9.64 Å². The van der Waals surface area contributed by atoms with Crippen LogP contribution in [-0.2, 0) is 14.4 Å². The van der Waals surface area contributed by atoms with Crippen LogP contribution in [0.15, 0.2) is 48.5 Å². The molecule has 3 amide bonds. The quantitative estimate of drug-likeness (QED) is 0.719. The SMILES string of the molecule is COc1cccc2c1[C@H]1[C@H]3C(=O)N(c4ccccc4)C(=O)[C@@H]3[C@H]2N1C(=O)C(C)(C)C. The van der Waals surface area contributed by atoms with E-state index in [0.717, 1.165) is 11.1 Å². The van der Waals surface area contributed by atoms with Crippen molar-refractivity contribution in [3.05, 3.63) is 59.7 Å². The van der Waals surface area contributed by atoms with Gasteiger partial charge in [-0.05, 0) is 23.8 Å². The van der Waals surface area contributed by atoms with E-state index in [1.165, 1.54) is 4.90 Å². The summed E-state index contributed by atoms with van der Waals surface area (Å²) in [6.07, 6.45) is 0. The normalized spacial score (nSPS) is 26.8. The monoisotopic (exact) mass is 404 g/mol. The number of amides is 3. The molecule has 2 aromatic carbocycles. The Labute approximate surface area is 175 Å². The van der Waals surface area contributed by atoms with Crippen molar-refractivity contribution in [3.8, 4) is 5.75 Å². The molecule has 3 heterocycles. The summed E-state index contributed by atoms with van der Waals surface area (Å²) >= 11 is 0. The zero-order valence-electron chi connectivity index (χ0n) is 17.5. The lowest BCUT2D eigenvalue weighted by atomic mass is 9.77. The molecule has 0 aromatic heterocycles. The number of anilines is 1. The van der Waals surface area contributed by atoms with Gasteiger partial charge in [-0.3, -0.25) is 14.4 Å². The Morgan fingerprint density at radius 2 is 1.53 bits per heavy atom. The minimum absolute atomic E-state index is 0.0583. The molecule has 0 saturated carbocycles. The van der Waals surface area contributed by atoms with Gasteiger partial charge in [-0.2, -0.15) is 0 Å². The van der Waals surface area contributed by atoms with Crippen molar-refractivity contribution in [1.29, 1.82) is 0 Å². The first kappa shape index (κ1) is 18.9. The molecule has 2 bridgehead atoms. The van der Waals surface area contributed by atoms with Crippen LogP contribution in [0.2, 0.25) is 0 Å². The molecule has 2 saturated heterocycles. The second-order valence-corrected chi connectivity index (χ2v) is 9.21. The summed E-state index contributed by atoms with van der Waals surface area (Å²) < 4.78 is 5.60. The first-order valence-corrected chi connectivity index (χ1v) is 10.2. The number of ether oxygens (including phenoxy) is 1. The van der Waals surface area contributed by atoms with Gasteiger partial charge in [-0.15, -0.1) is 0 Å². The average Bonchev–Trinajstić information content (AvgIpc) is 3.32. The number of carbonyl (C=O) groups is 3. The standard InChI is InChI=1S/C24H24N2O4/c1-24(2,3)23(29)26-19-14-11-8-12-15(30-4)16(14)20(26)18-17(19)21(27)25(22(18)28)13-9-6-5-7-10-13/h5-12,17-20H,1-4H3/t17-,18-,19-,20-/m0/s1. The molecule has 30 heavy (non-hydrogen) atoms. The predicted octanol–water partition coefficient (Wildman–Crippen LogP) is 3.49. The molecular weight excluding hydrogens is 380 g/mol. The van der Waals surface area contributed by atoms with Gasteiger partial charge in [-0.25, -0.2) is 4.90 Å². The first-order chi connectivity index (χ1) is 14.3. The summed E-state index contributed by atoms with van der Waals surface area (Å²) in [7, 11) is 1.59. The number of nitrogens with zero attached hydrogens (tertiary/aromatic N) is 2. The Bertz CT molecular complexity index is 1070. The fraction of sp³-hybridized carbons (Fsp3) is 0.375. The van der Waals surface area contributed by atoms with Crippen molar-refractivity contribution in [2.24, 2.45) is 17.3 Å². The maximum atomic E-state index is 13.5. The summed E-state index contributed by atoms with van der Waals surface area (Å²) in [6.45, 7) is 5.60. The third kappa shape index (κ3) is 2.27. The Morgan fingerprint density at radius 1 is 0.900 bits per heavy atom. The molecule has 3 aliphatic heterocycles. The number of carbonyl (C=O) groups excluding carboxylic acids is 3. The second-order valence-electron chi connectivity index (χ2n) is 9.21. The summed E-state index contributed by atoms with van der Waals surface area (Å²) in [4.78, 5) is 43.6. The van der Waals surface area contributed by atoms with Crippen LogP contribution in [0.25, 0.3) is 0 Å². The Hall–Kier alpha value is -3.15. The molecule has 0 unspecified atom stereocenters. The van der Waals surface area contributed by atoms with Crippen LogP contribution in [0.1, 0.15) is 44.0 Å². The number of methoxy groups -OCH3 is 1. The molecule has 4 atom stereocenters. The van der Waals surface area contributed by atoms with E-state index in [0.29, 0.717) is 11.4 Å². The third-order valence-corrected chi connectivity index (χ3v) is 6.50. The molecule has 2 fully saturated rings. The van der Waals surface area contributed by atoms with E-state index < -0.39 is 29.3 Å². The van der Waals surface area contributed by atoms with Gasteiger partial charge in [0.15, 0.2) is 0 Å². The number of hydrogen-bond donors (Lipinski definition) is 0. The van der Waals surface area contributed by atoms with E-state index in [9.17, 15) is 14.4 Å². The van der Waals surface area contributed by atoms with Crippen LogP contribution in [-0.4, -0.2) is 29.7 Å². The highest BCUT2D eigenvalue weighted by Gasteiger charge is 2.69. The van der Waals surface area contributed by atoms with Crippen molar-refractivity contribution >= 4 is 23.4 Å². The molecule has 6 nitrogen and oxygen atoms in total. The fourth-order valence-electron chi connectivity index (χ4n) is 5.34. The van der Waals surface area contributed by atoms with Gasteiger partial charge in [0.1, 0.15) is 5.75 Å². The maximum absolute atomic E-state index is 13.5. The Morgan fingerprint density at radius 3 is 2.13 bits per heavy atom. The minimum atomic E-state index is -0.629. The lowest BCUT2D eigenvalue weighted by molar-refractivity contribution is -0.143. The van der Waals surface area contributed by atoms with E-state index in [-0.39, 0.29) is 17.7 Å². The van der Waals surface area contributed by atoms with E-state index in [1.54, 1.807) is 24.1 Å². The van der Waals surface area contributed by atoms with Crippen molar-refractivity contribution in [1.82, 2.24) is 4.90 Å². The van der Waals surface area contributed by atoms with E-state index in [2.05, 4.69) is 0 Å². The van der Waals surface area contributed by atoms with Crippen LogP contribution in [0, 0.1) is 17.3 Å². The summed E-state index contributed by atoms with van der Waals surface area (Å²) in [5.41, 5.74) is 1.72. The number of para-hydroxylation sites is 1. The zero-order chi connectivity index (χ0) is 21.4. The summed E-state index contributed by atoms with van der Waals surface area (Å²) in [5, 5.41) is 0. The van der Waals surface area contributed by atoms with Crippen LogP contribution in [0.4, 0.5) is 5.69 Å². The molecule has 0 spiro atoms. The topological polar surface area (TPSA) is 66.9 Å². The number of fused-ring (bicyclic) bond motifs is 8. The van der Waals surface area contributed by atoms with Gasteiger partial charge in [0.05, 0.1) is 36.7 Å². The third-order valence-electron chi connectivity index (χ3n) is 6.50. The number of imide groups is 1. The largest absolute Gasteiger partial charge is 0.496 e. The molecule has 2 aromatic rings. The highest BCUT2D eigenvalue weighted by atomic mass is 16.5. The first-order valence-electron chi connectivity index (χ1n) is 10.2. The van der Waals surface area contributed by atoms with Crippen molar-refractivity contribution in [2.45, 2.75) is 32.9 Å². The molecule has 0 aliphatic carbocycles. The molecule has 154 valence electrons. The van der Waals surface area contributed by atoms with Gasteiger partial charge in [0, 0.05) is 11.0 Å². The molecule has 0 radical (unpaired) electrons. The predicted molar refractivity (Wildman–Crippen MR) is 111 cm³/mol. The highest BCUT2D eigenvalue weighted by molar-refractivity contribution is 6.23. The van der Waals surface area contributed by atoms with Crippen LogP contribution < -0.4 is 9.64 Å². The van der Waals surface area contributed by atoms with Crippen molar-refractivity contribution < 1.29 is 19.1 Å². The molecule has 3 aliphatic rings. The van der Waals surface area contributed by atoms with Crippen LogP contribution >= 0.6 is 0 Å². The van der Waals surface area contributed by atoms with Crippen molar-refractivity contribution in [2.75, 3.05) is 12.0 Å². The molecule has 6 heteroatoms. The second kappa shape index (κ2) is 6.17. The fourth-order valence-corrected chi connectivity index (χ4v) is 5.34. The number of rotatable bonds is 2. The zero-order valence-corrected chi connectivity index (χ0v) is 17.5. The maximum Gasteiger partial charge on any atom is 0.240 e. The molecule has 5 rings (SSSR count). The summed E-state index contributed by atoms with van der Waals surface area (Å²) in [5.74, 6) is -1.05. The highest BCUT2D eigenvalue weighted by Crippen LogP contribution is 2.64. The van der Waals surface area contributed by atoms with Gasteiger partial charge in [0.25, 0.3) is 0 Å². The summed E-state index contributed by atoms with van der Waals surface area (Å²) in [6, 6.07) is 13.7. The number of hydrogen-bond acceptors (Lipinski definition) is 4. The Kier molecular flexibility index (Phi) is 3.88. The van der Waals surface area contributed by atoms with E-state index in [1.807, 2.05) is 57.2 Å². The number of benzene rings is 2. The minimum Gasteiger partial charge on any atom is -0.496 e. The smallest absolute Gasteiger partial charge is 0.240 e. The van der Waals surface area contributed by atoms with E-state index in [4.69, 9.17) is 4.74 Å². The van der Waals surface area contributed by atoms with Gasteiger partial charge in [0.2, 0.25) is 17.7 Å².